The molecule has 0 aliphatic carbocycles. The minimum atomic E-state index is -5.02. The summed E-state index contributed by atoms with van der Waals surface area (Å²) in [5, 5.41) is -2.06. The molecule has 0 radical (unpaired) electrons. The number of carbonyl (C=O) groups is 2. The highest BCUT2D eigenvalue weighted by atomic mass is 32.2. The minimum absolute atomic E-state index is 0.395. The van der Waals surface area contributed by atoms with E-state index >= 15 is 0 Å². The Morgan fingerprint density at radius 1 is 0.821 bits per heavy atom. The lowest BCUT2D eigenvalue weighted by molar-refractivity contribution is -0.155. The van der Waals surface area contributed by atoms with Crippen LogP contribution in [0.5, 0.6) is 0 Å². The SMILES string of the molecule is CCCCCCC(C)OC(=O)CC(C(=O)OC(C)CCCCCC)S(=O)(=O)[O-]. The smallest absolute Gasteiger partial charge is 0.324 e. The Morgan fingerprint density at radius 2 is 1.29 bits per heavy atom. The van der Waals surface area contributed by atoms with Gasteiger partial charge in [0.25, 0.3) is 0 Å². The van der Waals surface area contributed by atoms with E-state index in [1.54, 1.807) is 13.8 Å². The Balaban J connectivity index is 4.57. The minimum Gasteiger partial charge on any atom is -0.747 e. The molecule has 0 heterocycles. The first-order chi connectivity index (χ1) is 13.1. The molecule has 0 aliphatic rings. The van der Waals surface area contributed by atoms with Gasteiger partial charge < -0.3 is 14.0 Å². The maximum atomic E-state index is 12.1. The molecule has 0 aromatic carbocycles. The molecule has 28 heavy (non-hydrogen) atoms. The fourth-order valence-electron chi connectivity index (χ4n) is 2.84. The van der Waals surface area contributed by atoms with Crippen molar-refractivity contribution in [3.8, 4) is 0 Å². The molecule has 0 rings (SSSR count). The zero-order valence-corrected chi connectivity index (χ0v) is 18.6. The number of carbonyl (C=O) groups excluding carboxylic acids is 2. The molecule has 0 aromatic rings. The molecule has 8 heteroatoms. The number of esters is 2. The van der Waals surface area contributed by atoms with Crippen LogP contribution in [0.1, 0.15) is 98.3 Å². The van der Waals surface area contributed by atoms with Gasteiger partial charge in [-0.2, -0.15) is 0 Å². The van der Waals surface area contributed by atoms with Crippen LogP contribution in [0.25, 0.3) is 0 Å². The number of rotatable bonds is 16. The summed E-state index contributed by atoms with van der Waals surface area (Å²) in [5.74, 6) is -2.05. The molecule has 3 unspecified atom stereocenters. The number of ether oxygens (including phenoxy) is 2. The standard InChI is InChI=1S/C20H38O7S/c1-5-7-9-11-13-16(3)26-19(21)15-18(28(23,24)25)20(22)27-17(4)14-12-10-8-6-2/h16-18H,5-15H2,1-4H3,(H,23,24,25)/p-1. The van der Waals surface area contributed by atoms with Gasteiger partial charge >= 0.3 is 11.9 Å². The topological polar surface area (TPSA) is 110 Å². The second-order valence-electron chi connectivity index (χ2n) is 7.43. The van der Waals surface area contributed by atoms with E-state index in [9.17, 15) is 22.6 Å². The molecule has 0 saturated carbocycles. The lowest BCUT2D eigenvalue weighted by atomic mass is 10.1. The van der Waals surface area contributed by atoms with Crippen LogP contribution in [0.15, 0.2) is 0 Å². The zero-order chi connectivity index (χ0) is 21.6. The Morgan fingerprint density at radius 3 is 1.71 bits per heavy atom. The molecule has 7 nitrogen and oxygen atoms in total. The van der Waals surface area contributed by atoms with Gasteiger partial charge in [0.1, 0.15) is 10.1 Å². The summed E-state index contributed by atoms with van der Waals surface area (Å²) in [5.41, 5.74) is 0. The van der Waals surface area contributed by atoms with Gasteiger partial charge in [-0.3, -0.25) is 9.59 Å². The monoisotopic (exact) mass is 421 g/mol. The second kappa shape index (κ2) is 14.8. The first-order valence-corrected chi connectivity index (χ1v) is 11.9. The van der Waals surface area contributed by atoms with Crippen LogP contribution in [0.4, 0.5) is 0 Å². The van der Waals surface area contributed by atoms with E-state index in [-0.39, 0.29) is 0 Å². The third-order valence-electron chi connectivity index (χ3n) is 4.54. The molecule has 0 spiro atoms. The van der Waals surface area contributed by atoms with Gasteiger partial charge in [0.05, 0.1) is 18.6 Å². The van der Waals surface area contributed by atoms with Crippen LogP contribution in [-0.2, 0) is 29.2 Å². The van der Waals surface area contributed by atoms with Crippen LogP contribution >= 0.6 is 0 Å². The van der Waals surface area contributed by atoms with Gasteiger partial charge in [0, 0.05) is 0 Å². The van der Waals surface area contributed by atoms with Crippen molar-refractivity contribution in [1.29, 1.82) is 0 Å². The van der Waals surface area contributed by atoms with E-state index in [0.29, 0.717) is 12.8 Å². The number of hydrogen-bond acceptors (Lipinski definition) is 7. The molecule has 166 valence electrons. The molecule has 0 N–H and O–H groups in total. The van der Waals surface area contributed by atoms with Crippen LogP contribution < -0.4 is 0 Å². The van der Waals surface area contributed by atoms with Crippen molar-refractivity contribution >= 4 is 22.1 Å². The number of hydrogen-bond donors (Lipinski definition) is 0. The van der Waals surface area contributed by atoms with E-state index < -0.39 is 45.9 Å². The Kier molecular flexibility index (Phi) is 14.2. The van der Waals surface area contributed by atoms with E-state index in [2.05, 4.69) is 13.8 Å². The third kappa shape index (κ3) is 13.1. The first-order valence-electron chi connectivity index (χ1n) is 10.5. The molecule has 0 aromatic heterocycles. The van der Waals surface area contributed by atoms with Gasteiger partial charge in [-0.1, -0.05) is 52.4 Å². The third-order valence-corrected chi connectivity index (χ3v) is 5.60. The predicted molar refractivity (Wildman–Crippen MR) is 107 cm³/mol. The average Bonchev–Trinajstić information content (AvgIpc) is 2.59. The van der Waals surface area contributed by atoms with Gasteiger partial charge in [-0.15, -0.1) is 0 Å². The summed E-state index contributed by atoms with van der Waals surface area (Å²) in [6.07, 6.45) is 7.60. The lowest BCUT2D eigenvalue weighted by Gasteiger charge is -2.22. The Labute approximate surface area is 170 Å². The Bertz CT molecular complexity index is 545. The first kappa shape index (κ1) is 26.9. The quantitative estimate of drug-likeness (QED) is 0.210. The fraction of sp³-hybridized carbons (Fsp3) is 0.900. The van der Waals surface area contributed by atoms with Crippen LogP contribution in [0.3, 0.4) is 0 Å². The van der Waals surface area contributed by atoms with E-state index in [1.165, 1.54) is 0 Å². The molecule has 0 fully saturated rings. The van der Waals surface area contributed by atoms with E-state index in [0.717, 1.165) is 51.4 Å². The molecule has 3 atom stereocenters. The molecule has 0 bridgehead atoms. The highest BCUT2D eigenvalue weighted by Crippen LogP contribution is 2.15. The summed E-state index contributed by atoms with van der Waals surface area (Å²) in [7, 11) is -5.02. The predicted octanol–water partition coefficient (Wildman–Crippen LogP) is 4.09. The average molecular weight is 422 g/mol. The Hall–Kier alpha value is -1.15. The summed E-state index contributed by atoms with van der Waals surface area (Å²) in [6, 6.07) is 0. The zero-order valence-electron chi connectivity index (χ0n) is 17.8. The van der Waals surface area contributed by atoms with Crippen molar-refractivity contribution in [1.82, 2.24) is 0 Å². The summed E-state index contributed by atoms with van der Waals surface area (Å²) < 4.78 is 44.6. The van der Waals surface area contributed by atoms with Crippen molar-refractivity contribution in [2.45, 2.75) is 116 Å². The lowest BCUT2D eigenvalue weighted by Crippen LogP contribution is -2.36. The van der Waals surface area contributed by atoms with Crippen molar-refractivity contribution in [3.05, 3.63) is 0 Å². The molecule has 0 aliphatic heterocycles. The molecule has 0 saturated heterocycles. The van der Waals surface area contributed by atoms with E-state index in [4.69, 9.17) is 9.47 Å². The van der Waals surface area contributed by atoms with Crippen molar-refractivity contribution in [2.24, 2.45) is 0 Å². The summed E-state index contributed by atoms with van der Waals surface area (Å²) in [6.45, 7) is 7.53. The van der Waals surface area contributed by atoms with E-state index in [1.807, 2.05) is 0 Å². The molecule has 0 amide bonds. The second-order valence-corrected chi connectivity index (χ2v) is 8.99. The van der Waals surface area contributed by atoms with Crippen LogP contribution in [0.2, 0.25) is 0 Å². The van der Waals surface area contributed by atoms with Crippen molar-refractivity contribution in [2.75, 3.05) is 0 Å². The van der Waals surface area contributed by atoms with Crippen LogP contribution in [-0.4, -0.2) is 42.4 Å². The van der Waals surface area contributed by atoms with Crippen molar-refractivity contribution in [3.63, 3.8) is 0 Å². The maximum Gasteiger partial charge on any atom is 0.324 e. The fourth-order valence-corrected chi connectivity index (χ4v) is 3.47. The van der Waals surface area contributed by atoms with Crippen molar-refractivity contribution < 1.29 is 32.0 Å². The summed E-state index contributed by atoms with van der Waals surface area (Å²) >= 11 is 0. The van der Waals surface area contributed by atoms with Gasteiger partial charge in [-0.05, 0) is 39.5 Å². The molecular weight excluding hydrogens is 384 g/mol. The number of unbranched alkanes of at least 4 members (excludes halogenated alkanes) is 6. The largest absolute Gasteiger partial charge is 0.747 e. The van der Waals surface area contributed by atoms with Gasteiger partial charge in [0.15, 0.2) is 5.25 Å². The van der Waals surface area contributed by atoms with Gasteiger partial charge in [0.2, 0.25) is 0 Å². The van der Waals surface area contributed by atoms with Gasteiger partial charge in [-0.25, -0.2) is 8.42 Å². The summed E-state index contributed by atoms with van der Waals surface area (Å²) in [4.78, 5) is 24.1. The highest BCUT2D eigenvalue weighted by molar-refractivity contribution is 7.87. The maximum absolute atomic E-state index is 12.1. The highest BCUT2D eigenvalue weighted by Gasteiger charge is 2.32. The van der Waals surface area contributed by atoms with Crippen LogP contribution in [0, 0.1) is 0 Å². The normalized spacial score (nSPS) is 14.9. The molecular formula is C20H37O7S-.